The van der Waals surface area contributed by atoms with Crippen LogP contribution in [-0.4, -0.2) is 26.3 Å². The largest absolute Gasteiger partial charge is 0.383 e. The van der Waals surface area contributed by atoms with Crippen molar-refractivity contribution in [3.05, 3.63) is 83.3 Å². The molecule has 2 amide bonds. The molecule has 33 heavy (non-hydrogen) atoms. The lowest BCUT2D eigenvalue weighted by Crippen LogP contribution is -2.28. The Morgan fingerprint density at radius 1 is 1.09 bits per heavy atom. The Kier molecular flexibility index (Phi) is 6.08. The highest BCUT2D eigenvalue weighted by molar-refractivity contribution is 6.18. The first-order valence-corrected chi connectivity index (χ1v) is 10.7. The summed E-state index contributed by atoms with van der Waals surface area (Å²) in [5.74, 6) is 0.0393. The van der Waals surface area contributed by atoms with E-state index in [4.69, 9.17) is 5.73 Å². The molecule has 0 fully saturated rings. The monoisotopic (exact) mass is 442 g/mol. The lowest BCUT2D eigenvalue weighted by molar-refractivity contribution is 0.104. The van der Waals surface area contributed by atoms with Gasteiger partial charge in [-0.2, -0.15) is 0 Å². The molecule has 0 atom stereocenters. The maximum Gasteiger partial charge on any atom is 0.319 e. The van der Waals surface area contributed by atoms with Crippen molar-refractivity contribution in [3.63, 3.8) is 0 Å². The van der Waals surface area contributed by atoms with Gasteiger partial charge in [0.15, 0.2) is 5.78 Å². The van der Waals surface area contributed by atoms with Crippen LogP contribution in [0.2, 0.25) is 0 Å². The van der Waals surface area contributed by atoms with E-state index in [2.05, 4.69) is 20.6 Å². The quantitative estimate of drug-likeness (QED) is 0.382. The predicted molar refractivity (Wildman–Crippen MR) is 129 cm³/mol. The number of aryl methyl sites for hydroxylation is 1. The number of nitrogens with two attached hydrogens (primary N) is 1. The molecule has 8 nitrogen and oxygen atoms in total. The molecule has 0 bridgehead atoms. The Labute approximate surface area is 191 Å². The number of nitrogen functional groups attached to an aromatic ring is 1. The van der Waals surface area contributed by atoms with E-state index >= 15 is 0 Å². The van der Waals surface area contributed by atoms with Crippen LogP contribution in [0, 0.1) is 6.92 Å². The van der Waals surface area contributed by atoms with Gasteiger partial charge >= 0.3 is 6.03 Å². The molecule has 0 saturated carbocycles. The first-order chi connectivity index (χ1) is 15.8. The number of amides is 2. The average Bonchev–Trinajstić information content (AvgIpc) is 3.19. The SMILES string of the molecule is Cc1ccccc1CNC(=O)Nc1cccc(C(=O)c2cn(C(C)C)c3ncnc(N)c23)c1. The second kappa shape index (κ2) is 9.12. The van der Waals surface area contributed by atoms with Crippen LogP contribution < -0.4 is 16.4 Å². The molecule has 0 saturated heterocycles. The zero-order chi connectivity index (χ0) is 23.5. The molecule has 2 heterocycles. The summed E-state index contributed by atoms with van der Waals surface area (Å²) in [6.07, 6.45) is 3.16. The molecular weight excluding hydrogens is 416 g/mol. The van der Waals surface area contributed by atoms with Crippen LogP contribution >= 0.6 is 0 Å². The van der Waals surface area contributed by atoms with Gasteiger partial charge in [-0.25, -0.2) is 14.8 Å². The fourth-order valence-corrected chi connectivity index (χ4v) is 3.73. The van der Waals surface area contributed by atoms with Gasteiger partial charge in [-0.15, -0.1) is 0 Å². The standard InChI is InChI=1S/C25H26N6O2/c1-15(2)31-13-20(21-23(26)28-14-29-24(21)31)22(32)17-9-6-10-19(11-17)30-25(33)27-12-18-8-5-4-7-16(18)3/h4-11,13-15H,12H2,1-3H3,(H2,26,28,29)(H2,27,30,33). The van der Waals surface area contributed by atoms with Gasteiger partial charge in [0.1, 0.15) is 17.8 Å². The summed E-state index contributed by atoms with van der Waals surface area (Å²) < 4.78 is 1.90. The minimum absolute atomic E-state index is 0.0910. The van der Waals surface area contributed by atoms with Gasteiger partial charge in [0, 0.05) is 30.0 Å². The van der Waals surface area contributed by atoms with Crippen molar-refractivity contribution in [3.8, 4) is 0 Å². The van der Waals surface area contributed by atoms with E-state index < -0.39 is 0 Å². The molecule has 8 heteroatoms. The van der Waals surface area contributed by atoms with Gasteiger partial charge in [0.2, 0.25) is 0 Å². The van der Waals surface area contributed by atoms with E-state index in [1.165, 1.54) is 6.33 Å². The molecule has 0 spiro atoms. The van der Waals surface area contributed by atoms with E-state index in [-0.39, 0.29) is 23.7 Å². The van der Waals surface area contributed by atoms with Crippen LogP contribution in [-0.2, 0) is 6.54 Å². The summed E-state index contributed by atoms with van der Waals surface area (Å²) in [7, 11) is 0. The third-order valence-electron chi connectivity index (χ3n) is 5.52. The number of anilines is 2. The molecule has 2 aromatic carbocycles. The lowest BCUT2D eigenvalue weighted by atomic mass is 10.0. The minimum Gasteiger partial charge on any atom is -0.383 e. The van der Waals surface area contributed by atoms with Crippen molar-refractivity contribution >= 4 is 34.4 Å². The number of carbonyl (C=O) groups excluding carboxylic acids is 2. The van der Waals surface area contributed by atoms with Gasteiger partial charge in [0.05, 0.1) is 10.9 Å². The molecular formula is C25H26N6O2. The topological polar surface area (TPSA) is 115 Å². The van der Waals surface area contributed by atoms with Gasteiger partial charge in [-0.1, -0.05) is 36.4 Å². The Bertz CT molecular complexity index is 1340. The summed E-state index contributed by atoms with van der Waals surface area (Å²) in [6.45, 7) is 6.42. The van der Waals surface area contributed by atoms with E-state index in [1.807, 2.05) is 49.6 Å². The van der Waals surface area contributed by atoms with Crippen LogP contribution in [0.25, 0.3) is 11.0 Å². The van der Waals surface area contributed by atoms with Gasteiger partial charge in [-0.05, 0) is 44.0 Å². The van der Waals surface area contributed by atoms with Gasteiger partial charge in [0.25, 0.3) is 0 Å². The average molecular weight is 443 g/mol. The van der Waals surface area contributed by atoms with Crippen molar-refractivity contribution in [2.75, 3.05) is 11.1 Å². The predicted octanol–water partition coefficient (Wildman–Crippen LogP) is 4.46. The Balaban J connectivity index is 1.55. The maximum absolute atomic E-state index is 13.4. The number of nitrogens with zero attached hydrogens (tertiary/aromatic N) is 3. The third-order valence-corrected chi connectivity index (χ3v) is 5.52. The Morgan fingerprint density at radius 3 is 2.64 bits per heavy atom. The maximum atomic E-state index is 13.4. The summed E-state index contributed by atoms with van der Waals surface area (Å²) in [5.41, 5.74) is 10.2. The van der Waals surface area contributed by atoms with Crippen molar-refractivity contribution in [1.29, 1.82) is 0 Å². The molecule has 0 radical (unpaired) electrons. The molecule has 0 unspecified atom stereocenters. The first-order valence-electron chi connectivity index (χ1n) is 10.7. The Morgan fingerprint density at radius 2 is 1.88 bits per heavy atom. The number of urea groups is 1. The van der Waals surface area contributed by atoms with Crippen LogP contribution in [0.15, 0.2) is 61.1 Å². The summed E-state index contributed by atoms with van der Waals surface area (Å²) in [5, 5.41) is 6.17. The molecule has 0 aliphatic rings. The molecule has 4 rings (SSSR count). The number of nitrogens with one attached hydrogen (secondary N) is 2. The lowest BCUT2D eigenvalue weighted by Gasteiger charge is -2.10. The summed E-state index contributed by atoms with van der Waals surface area (Å²) in [4.78, 5) is 34.2. The highest BCUT2D eigenvalue weighted by atomic mass is 16.2. The first kappa shape index (κ1) is 22.0. The van der Waals surface area contributed by atoms with Crippen LogP contribution in [0.3, 0.4) is 0 Å². The van der Waals surface area contributed by atoms with E-state index in [0.717, 1.165) is 11.1 Å². The van der Waals surface area contributed by atoms with Crippen molar-refractivity contribution in [2.45, 2.75) is 33.4 Å². The van der Waals surface area contributed by atoms with Gasteiger partial charge < -0.3 is 20.9 Å². The van der Waals surface area contributed by atoms with E-state index in [1.54, 1.807) is 30.5 Å². The molecule has 0 aliphatic heterocycles. The minimum atomic E-state index is -0.350. The second-order valence-corrected chi connectivity index (χ2v) is 8.15. The number of aromatic nitrogens is 3. The van der Waals surface area contributed by atoms with Crippen LogP contribution in [0.1, 0.15) is 46.9 Å². The zero-order valence-electron chi connectivity index (χ0n) is 18.8. The summed E-state index contributed by atoms with van der Waals surface area (Å²) >= 11 is 0. The van der Waals surface area contributed by atoms with Crippen LogP contribution in [0.4, 0.5) is 16.3 Å². The number of rotatable bonds is 6. The smallest absolute Gasteiger partial charge is 0.319 e. The number of benzene rings is 2. The van der Waals surface area contributed by atoms with Gasteiger partial charge in [-0.3, -0.25) is 4.79 Å². The number of hydrogen-bond donors (Lipinski definition) is 3. The van der Waals surface area contributed by atoms with Crippen molar-refractivity contribution in [1.82, 2.24) is 19.9 Å². The highest BCUT2D eigenvalue weighted by Gasteiger charge is 2.21. The van der Waals surface area contributed by atoms with E-state index in [9.17, 15) is 9.59 Å². The number of ketones is 1. The van der Waals surface area contributed by atoms with Crippen molar-refractivity contribution in [2.24, 2.45) is 0 Å². The molecule has 0 aliphatic carbocycles. The number of hydrogen-bond acceptors (Lipinski definition) is 5. The number of fused-ring (bicyclic) bond motifs is 1. The molecule has 4 aromatic rings. The van der Waals surface area contributed by atoms with Crippen LogP contribution in [0.5, 0.6) is 0 Å². The fourth-order valence-electron chi connectivity index (χ4n) is 3.73. The fraction of sp³-hybridized carbons (Fsp3) is 0.200. The highest BCUT2D eigenvalue weighted by Crippen LogP contribution is 2.28. The summed E-state index contributed by atoms with van der Waals surface area (Å²) in [6, 6.07) is 14.4. The van der Waals surface area contributed by atoms with Crippen molar-refractivity contribution < 1.29 is 9.59 Å². The third kappa shape index (κ3) is 4.55. The zero-order valence-corrected chi connectivity index (χ0v) is 18.8. The molecule has 2 aromatic heterocycles. The number of carbonyl (C=O) groups is 2. The molecule has 168 valence electrons. The second-order valence-electron chi connectivity index (χ2n) is 8.15. The normalized spacial score (nSPS) is 11.0. The molecule has 4 N–H and O–H groups in total. The van der Waals surface area contributed by atoms with E-state index in [0.29, 0.717) is 34.4 Å². The Hall–Kier alpha value is -4.20.